The summed E-state index contributed by atoms with van der Waals surface area (Å²) in [4.78, 5) is 11.6. The van der Waals surface area contributed by atoms with Crippen LogP contribution in [0.2, 0.25) is 0 Å². The molecule has 72 valence electrons. The summed E-state index contributed by atoms with van der Waals surface area (Å²) in [5, 5.41) is 0. The Morgan fingerprint density at radius 2 is 1.85 bits per heavy atom. The molecule has 0 aromatic heterocycles. The van der Waals surface area contributed by atoms with E-state index >= 15 is 0 Å². The van der Waals surface area contributed by atoms with Crippen molar-refractivity contribution in [2.24, 2.45) is 0 Å². The van der Waals surface area contributed by atoms with Gasteiger partial charge >= 0.3 is 0 Å². The maximum absolute atomic E-state index is 11.6. The van der Waals surface area contributed by atoms with Gasteiger partial charge in [0.25, 0.3) is 0 Å². The number of Topliss-reactive ketones (excluding diaryl/α,β-unsaturated/α-hetero) is 1. The molecule has 1 nitrogen and oxygen atoms in total. The fourth-order valence-electron chi connectivity index (χ4n) is 1.02. The van der Waals surface area contributed by atoms with Crippen LogP contribution in [0.3, 0.4) is 0 Å². The smallest absolute Gasteiger partial charge is 0.172 e. The molecule has 0 aliphatic heterocycles. The van der Waals surface area contributed by atoms with Gasteiger partial charge in [0, 0.05) is 5.56 Å². The van der Waals surface area contributed by atoms with E-state index in [9.17, 15) is 4.79 Å². The van der Waals surface area contributed by atoms with Crippen molar-refractivity contribution in [3.63, 3.8) is 0 Å². The SMILES string of the molecule is CS(C)(Cl)CC(=O)c1ccccc1. The summed E-state index contributed by atoms with van der Waals surface area (Å²) in [6.07, 6.45) is 3.85. The zero-order valence-electron chi connectivity index (χ0n) is 7.79. The summed E-state index contributed by atoms with van der Waals surface area (Å²) in [5.74, 6) is 0.592. The van der Waals surface area contributed by atoms with E-state index in [-0.39, 0.29) is 5.78 Å². The van der Waals surface area contributed by atoms with Crippen LogP contribution in [-0.4, -0.2) is 24.0 Å². The second kappa shape index (κ2) is 4.16. The van der Waals surface area contributed by atoms with E-state index in [4.69, 9.17) is 10.7 Å². The van der Waals surface area contributed by atoms with Crippen LogP contribution >= 0.6 is 19.9 Å². The monoisotopic (exact) mass is 216 g/mol. The molecule has 0 unspecified atom stereocenters. The van der Waals surface area contributed by atoms with Crippen molar-refractivity contribution in [2.75, 3.05) is 18.3 Å². The first kappa shape index (κ1) is 10.6. The van der Waals surface area contributed by atoms with Gasteiger partial charge in [-0.15, -0.1) is 0 Å². The Hall–Kier alpha value is -0.470. The first-order valence-electron chi connectivity index (χ1n) is 3.98. The Labute approximate surface area is 84.9 Å². The first-order chi connectivity index (χ1) is 5.99. The van der Waals surface area contributed by atoms with E-state index in [2.05, 4.69) is 0 Å². The highest BCUT2D eigenvalue weighted by Gasteiger charge is 2.14. The summed E-state index contributed by atoms with van der Waals surface area (Å²) in [7, 11) is 4.79. The number of hydrogen-bond acceptors (Lipinski definition) is 1. The zero-order valence-corrected chi connectivity index (χ0v) is 9.36. The van der Waals surface area contributed by atoms with Gasteiger partial charge in [-0.2, -0.15) is 9.24 Å². The molecule has 1 aromatic rings. The number of ketones is 1. The third kappa shape index (κ3) is 3.83. The molecule has 0 heterocycles. The van der Waals surface area contributed by atoms with Gasteiger partial charge in [0.15, 0.2) is 5.78 Å². The van der Waals surface area contributed by atoms with E-state index in [0.717, 1.165) is 5.56 Å². The lowest BCUT2D eigenvalue weighted by molar-refractivity contribution is 0.102. The molecular formula is C10H13ClOS. The topological polar surface area (TPSA) is 17.1 Å². The standard InChI is InChI=1S/C10H13ClOS/c1-13(2,11)8-10(12)9-6-4-3-5-7-9/h3-7H,8H2,1-2H3. The third-order valence-electron chi connectivity index (χ3n) is 1.57. The van der Waals surface area contributed by atoms with Crippen LogP contribution < -0.4 is 0 Å². The van der Waals surface area contributed by atoms with Gasteiger partial charge in [0.1, 0.15) is 0 Å². The molecule has 0 spiro atoms. The van der Waals surface area contributed by atoms with Crippen LogP contribution in [0.1, 0.15) is 10.4 Å². The lowest BCUT2D eigenvalue weighted by Crippen LogP contribution is -2.08. The average molecular weight is 217 g/mol. The van der Waals surface area contributed by atoms with Crippen LogP contribution in [0, 0.1) is 0 Å². The van der Waals surface area contributed by atoms with Crippen LogP contribution in [0.15, 0.2) is 30.3 Å². The highest BCUT2D eigenvalue weighted by Crippen LogP contribution is 2.45. The average Bonchev–Trinajstić information content (AvgIpc) is 2.03. The quantitative estimate of drug-likeness (QED) is 0.710. The van der Waals surface area contributed by atoms with Crippen LogP contribution in [0.4, 0.5) is 0 Å². The molecule has 0 bridgehead atoms. The van der Waals surface area contributed by atoms with E-state index < -0.39 is 9.24 Å². The molecule has 0 aliphatic carbocycles. The minimum atomic E-state index is -1.25. The summed E-state index contributed by atoms with van der Waals surface area (Å²) >= 11 is 0. The van der Waals surface area contributed by atoms with Gasteiger partial charge in [-0.05, 0) is 12.5 Å². The highest BCUT2D eigenvalue weighted by atomic mass is 35.7. The minimum absolute atomic E-state index is 0.135. The zero-order chi connectivity index (χ0) is 9.90. The Kier molecular flexibility index (Phi) is 3.40. The predicted molar refractivity (Wildman–Crippen MR) is 60.9 cm³/mol. The van der Waals surface area contributed by atoms with Gasteiger partial charge in [-0.1, -0.05) is 41.0 Å². The molecular weight excluding hydrogens is 204 g/mol. The fourth-order valence-corrected chi connectivity index (χ4v) is 2.11. The van der Waals surface area contributed by atoms with E-state index in [1.54, 1.807) is 0 Å². The normalized spacial score (nSPS) is 12.5. The number of halogens is 1. The highest BCUT2D eigenvalue weighted by molar-refractivity contribution is 8.50. The van der Waals surface area contributed by atoms with Crippen LogP contribution in [0.5, 0.6) is 0 Å². The Bertz CT molecular complexity index is 290. The third-order valence-corrected chi connectivity index (χ3v) is 2.85. The van der Waals surface area contributed by atoms with Crippen LogP contribution in [-0.2, 0) is 0 Å². The van der Waals surface area contributed by atoms with Gasteiger partial charge < -0.3 is 0 Å². The minimum Gasteiger partial charge on any atom is -0.293 e. The molecule has 13 heavy (non-hydrogen) atoms. The number of benzene rings is 1. The predicted octanol–water partition coefficient (Wildman–Crippen LogP) is 3.09. The maximum atomic E-state index is 11.6. The molecule has 1 aromatic carbocycles. The van der Waals surface area contributed by atoms with E-state index in [1.165, 1.54) is 0 Å². The molecule has 1 rings (SSSR count). The molecule has 0 fully saturated rings. The first-order valence-corrected chi connectivity index (χ1v) is 7.42. The van der Waals surface area contributed by atoms with Crippen molar-refractivity contribution in [3.8, 4) is 0 Å². The number of hydrogen-bond donors (Lipinski definition) is 0. The second-order valence-corrected chi connectivity index (χ2v) is 8.94. The Morgan fingerprint density at radius 3 is 2.31 bits per heavy atom. The molecule has 3 heteroatoms. The molecule has 0 saturated heterocycles. The van der Waals surface area contributed by atoms with Crippen molar-refractivity contribution >= 4 is 25.7 Å². The largest absolute Gasteiger partial charge is 0.293 e. The lowest BCUT2D eigenvalue weighted by atomic mass is 10.2. The van der Waals surface area contributed by atoms with E-state index in [0.29, 0.717) is 5.75 Å². The van der Waals surface area contributed by atoms with Crippen molar-refractivity contribution in [1.82, 2.24) is 0 Å². The summed E-state index contributed by atoms with van der Waals surface area (Å²) in [6, 6.07) is 9.28. The van der Waals surface area contributed by atoms with Gasteiger partial charge in [-0.3, -0.25) is 4.79 Å². The van der Waals surface area contributed by atoms with Crippen molar-refractivity contribution in [2.45, 2.75) is 0 Å². The van der Waals surface area contributed by atoms with E-state index in [1.807, 2.05) is 42.8 Å². The Morgan fingerprint density at radius 1 is 1.31 bits per heavy atom. The van der Waals surface area contributed by atoms with Crippen molar-refractivity contribution in [3.05, 3.63) is 35.9 Å². The molecule has 0 aliphatic rings. The fraction of sp³-hybridized carbons (Fsp3) is 0.300. The molecule has 0 atom stereocenters. The summed E-state index contributed by atoms with van der Waals surface area (Å²) < 4.78 is 0. The van der Waals surface area contributed by atoms with Gasteiger partial charge in [0.2, 0.25) is 0 Å². The van der Waals surface area contributed by atoms with Crippen LogP contribution in [0.25, 0.3) is 0 Å². The molecule has 0 saturated carbocycles. The number of rotatable bonds is 3. The Balaban J connectivity index is 2.71. The molecule has 0 N–H and O–H groups in total. The number of carbonyl (C=O) groups excluding carboxylic acids is 1. The maximum Gasteiger partial charge on any atom is 0.172 e. The second-order valence-electron chi connectivity index (χ2n) is 3.34. The van der Waals surface area contributed by atoms with Gasteiger partial charge in [0.05, 0.1) is 5.75 Å². The summed E-state index contributed by atoms with van der Waals surface area (Å²) in [5.41, 5.74) is 0.753. The van der Waals surface area contributed by atoms with Crippen molar-refractivity contribution < 1.29 is 4.79 Å². The van der Waals surface area contributed by atoms with Crippen molar-refractivity contribution in [1.29, 1.82) is 0 Å². The summed E-state index contributed by atoms with van der Waals surface area (Å²) in [6.45, 7) is 0. The number of carbonyl (C=O) groups is 1. The lowest BCUT2D eigenvalue weighted by Gasteiger charge is -2.20. The molecule has 0 radical (unpaired) electrons. The van der Waals surface area contributed by atoms with Gasteiger partial charge in [-0.25, -0.2) is 0 Å². The molecule has 0 amide bonds.